The van der Waals surface area contributed by atoms with Gasteiger partial charge in [-0.05, 0) is 36.4 Å². The number of hydrogen-bond acceptors (Lipinski definition) is 3. The first-order valence-corrected chi connectivity index (χ1v) is 7.07. The minimum atomic E-state index is -4.45. The minimum absolute atomic E-state index is 0.0458. The second kappa shape index (κ2) is 6.27. The van der Waals surface area contributed by atoms with Gasteiger partial charge in [-0.25, -0.2) is 9.67 Å². The van der Waals surface area contributed by atoms with Crippen molar-refractivity contribution in [1.82, 2.24) is 14.8 Å². The maximum atomic E-state index is 12.5. The molecule has 1 amide bonds. The highest BCUT2D eigenvalue weighted by Gasteiger charge is 2.30. The summed E-state index contributed by atoms with van der Waals surface area (Å²) in [4.78, 5) is 28.1. The molecule has 0 atom stereocenters. The first-order chi connectivity index (χ1) is 11.8. The summed E-state index contributed by atoms with van der Waals surface area (Å²) in [7, 11) is 0. The molecule has 2 N–H and O–H groups in total. The zero-order valence-corrected chi connectivity index (χ0v) is 12.5. The lowest BCUT2D eigenvalue weighted by molar-refractivity contribution is -0.137. The van der Waals surface area contributed by atoms with Crippen molar-refractivity contribution in [2.45, 2.75) is 6.18 Å². The molecule has 6 nitrogen and oxygen atoms in total. The molecule has 0 unspecified atom stereocenters. The number of pyridine rings is 1. The van der Waals surface area contributed by atoms with Gasteiger partial charge >= 0.3 is 6.18 Å². The molecule has 9 heteroatoms. The molecular weight excluding hydrogens is 337 g/mol. The number of anilines is 1. The molecule has 2 aromatic heterocycles. The number of halogens is 3. The van der Waals surface area contributed by atoms with Crippen molar-refractivity contribution < 1.29 is 18.0 Å². The summed E-state index contributed by atoms with van der Waals surface area (Å²) in [5, 5.41) is 5.02. The number of hydrogen-bond donors (Lipinski definition) is 2. The first kappa shape index (κ1) is 16.5. The Morgan fingerprint density at radius 3 is 2.44 bits per heavy atom. The fourth-order valence-electron chi connectivity index (χ4n) is 2.11. The lowest BCUT2D eigenvalue weighted by Gasteiger charge is -2.08. The van der Waals surface area contributed by atoms with E-state index in [-0.39, 0.29) is 11.4 Å². The second-order valence-corrected chi connectivity index (χ2v) is 5.06. The van der Waals surface area contributed by atoms with Crippen LogP contribution in [0.4, 0.5) is 18.9 Å². The SMILES string of the molecule is O=C(Nc1ccc(C(F)(F)F)cc1)c1cc(=O)n(-c2ccccn2)[nH]1. The number of carbonyl (C=O) groups excluding carboxylic acids is 1. The summed E-state index contributed by atoms with van der Waals surface area (Å²) >= 11 is 0. The molecule has 3 aromatic rings. The molecular formula is C16H11F3N4O2. The molecule has 128 valence electrons. The van der Waals surface area contributed by atoms with Crippen molar-refractivity contribution in [3.63, 3.8) is 0 Å². The Morgan fingerprint density at radius 1 is 1.12 bits per heavy atom. The molecule has 0 saturated heterocycles. The van der Waals surface area contributed by atoms with Crippen LogP contribution < -0.4 is 10.9 Å². The van der Waals surface area contributed by atoms with Gasteiger partial charge in [-0.2, -0.15) is 13.2 Å². The number of benzene rings is 1. The third kappa shape index (κ3) is 3.60. The molecule has 0 aliphatic carbocycles. The maximum Gasteiger partial charge on any atom is 0.416 e. The first-order valence-electron chi connectivity index (χ1n) is 7.07. The Labute approximate surface area is 138 Å². The molecule has 25 heavy (non-hydrogen) atoms. The van der Waals surface area contributed by atoms with Crippen LogP contribution in [0.3, 0.4) is 0 Å². The van der Waals surface area contributed by atoms with E-state index in [1.54, 1.807) is 18.2 Å². The minimum Gasteiger partial charge on any atom is -0.321 e. The summed E-state index contributed by atoms with van der Waals surface area (Å²) in [6, 6.07) is 9.99. The molecule has 0 aliphatic heterocycles. The zero-order valence-electron chi connectivity index (χ0n) is 12.5. The molecule has 0 spiro atoms. The van der Waals surface area contributed by atoms with Crippen molar-refractivity contribution in [1.29, 1.82) is 0 Å². The Bertz CT molecular complexity index is 944. The van der Waals surface area contributed by atoms with E-state index in [0.29, 0.717) is 5.82 Å². The number of carbonyl (C=O) groups is 1. The number of aromatic nitrogens is 3. The highest BCUT2D eigenvalue weighted by molar-refractivity contribution is 6.02. The van der Waals surface area contributed by atoms with Crippen LogP contribution in [0.15, 0.2) is 59.5 Å². The van der Waals surface area contributed by atoms with Gasteiger partial charge in [0.2, 0.25) is 0 Å². The number of H-pyrrole nitrogens is 1. The van der Waals surface area contributed by atoms with Crippen LogP contribution in [0.5, 0.6) is 0 Å². The largest absolute Gasteiger partial charge is 0.416 e. The molecule has 0 radical (unpaired) electrons. The van der Waals surface area contributed by atoms with Crippen LogP contribution in [-0.2, 0) is 6.18 Å². The topological polar surface area (TPSA) is 79.8 Å². The number of nitrogens with zero attached hydrogens (tertiary/aromatic N) is 2. The van der Waals surface area contributed by atoms with Crippen molar-refractivity contribution in [2.24, 2.45) is 0 Å². The molecule has 0 bridgehead atoms. The van der Waals surface area contributed by atoms with Gasteiger partial charge in [-0.15, -0.1) is 0 Å². The van der Waals surface area contributed by atoms with E-state index in [4.69, 9.17) is 0 Å². The van der Waals surface area contributed by atoms with E-state index >= 15 is 0 Å². The van der Waals surface area contributed by atoms with Gasteiger partial charge in [0.05, 0.1) is 5.56 Å². The Balaban J connectivity index is 1.79. The van der Waals surface area contributed by atoms with Gasteiger partial charge in [0.15, 0.2) is 5.82 Å². The van der Waals surface area contributed by atoms with Crippen molar-refractivity contribution in [3.05, 3.63) is 76.3 Å². The van der Waals surface area contributed by atoms with E-state index in [2.05, 4.69) is 15.4 Å². The van der Waals surface area contributed by atoms with Crippen LogP contribution in [0.2, 0.25) is 0 Å². The zero-order chi connectivity index (χ0) is 18.0. The number of aromatic amines is 1. The standard InChI is InChI=1S/C16H11F3N4O2/c17-16(18,19)10-4-6-11(7-5-10)21-15(25)12-9-14(24)23(22-12)13-3-1-2-8-20-13/h1-9,22H,(H,21,25). The summed E-state index contributed by atoms with van der Waals surface area (Å²) in [5.74, 6) is -0.354. The van der Waals surface area contributed by atoms with Crippen molar-refractivity contribution >= 4 is 11.6 Å². The maximum absolute atomic E-state index is 12.5. The van der Waals surface area contributed by atoms with Crippen LogP contribution >= 0.6 is 0 Å². The summed E-state index contributed by atoms with van der Waals surface area (Å²) in [5.41, 5.74) is -1.18. The second-order valence-electron chi connectivity index (χ2n) is 5.06. The average Bonchev–Trinajstić information content (AvgIpc) is 2.97. The van der Waals surface area contributed by atoms with Gasteiger partial charge < -0.3 is 5.32 Å². The van der Waals surface area contributed by atoms with Crippen LogP contribution in [-0.4, -0.2) is 20.7 Å². The van der Waals surface area contributed by atoms with E-state index in [1.165, 1.54) is 6.20 Å². The fraction of sp³-hybridized carbons (Fsp3) is 0.0625. The predicted molar refractivity (Wildman–Crippen MR) is 83.6 cm³/mol. The smallest absolute Gasteiger partial charge is 0.321 e. The highest BCUT2D eigenvalue weighted by Crippen LogP contribution is 2.29. The number of nitrogens with one attached hydrogen (secondary N) is 2. The molecule has 1 aromatic carbocycles. The quantitative estimate of drug-likeness (QED) is 0.764. The third-order valence-electron chi connectivity index (χ3n) is 3.31. The lowest BCUT2D eigenvalue weighted by Crippen LogP contribution is -2.15. The Morgan fingerprint density at radius 2 is 1.84 bits per heavy atom. The van der Waals surface area contributed by atoms with Crippen molar-refractivity contribution in [3.8, 4) is 5.82 Å². The van der Waals surface area contributed by atoms with Crippen LogP contribution in [0, 0.1) is 0 Å². The van der Waals surface area contributed by atoms with Crippen LogP contribution in [0.1, 0.15) is 16.1 Å². The predicted octanol–water partition coefficient (Wildman–Crippen LogP) is 2.83. The normalized spacial score (nSPS) is 11.3. The highest BCUT2D eigenvalue weighted by atomic mass is 19.4. The summed E-state index contributed by atoms with van der Waals surface area (Å²) in [6.45, 7) is 0. The van der Waals surface area contributed by atoms with Gasteiger partial charge in [0.25, 0.3) is 11.5 Å². The number of rotatable bonds is 3. The molecule has 2 heterocycles. The third-order valence-corrected chi connectivity index (χ3v) is 3.31. The van der Waals surface area contributed by atoms with E-state index in [9.17, 15) is 22.8 Å². The van der Waals surface area contributed by atoms with E-state index in [0.717, 1.165) is 35.0 Å². The lowest BCUT2D eigenvalue weighted by atomic mass is 10.2. The molecule has 0 aliphatic rings. The Hall–Kier alpha value is -3.36. The Kier molecular flexibility index (Phi) is 4.14. The number of amides is 1. The fourth-order valence-corrected chi connectivity index (χ4v) is 2.11. The average molecular weight is 348 g/mol. The number of alkyl halides is 3. The van der Waals surface area contributed by atoms with Gasteiger partial charge in [-0.3, -0.25) is 14.7 Å². The monoisotopic (exact) mass is 348 g/mol. The summed E-state index contributed by atoms with van der Waals surface area (Å²) < 4.78 is 38.6. The van der Waals surface area contributed by atoms with Crippen molar-refractivity contribution in [2.75, 3.05) is 5.32 Å². The van der Waals surface area contributed by atoms with Gasteiger partial charge in [0.1, 0.15) is 5.69 Å². The van der Waals surface area contributed by atoms with E-state index < -0.39 is 23.2 Å². The molecule has 0 fully saturated rings. The molecule has 3 rings (SSSR count). The van der Waals surface area contributed by atoms with Gasteiger partial charge in [-0.1, -0.05) is 6.07 Å². The van der Waals surface area contributed by atoms with Gasteiger partial charge in [0, 0.05) is 18.0 Å². The summed E-state index contributed by atoms with van der Waals surface area (Å²) in [6.07, 6.45) is -2.96. The van der Waals surface area contributed by atoms with Crippen LogP contribution in [0.25, 0.3) is 5.82 Å². The van der Waals surface area contributed by atoms with E-state index in [1.807, 2.05) is 0 Å². The molecule has 0 saturated carbocycles.